The van der Waals surface area contributed by atoms with Crippen LogP contribution < -0.4 is 0 Å². The van der Waals surface area contributed by atoms with E-state index in [0.29, 0.717) is 138 Å². The first kappa shape index (κ1) is 79.4. The summed E-state index contributed by atoms with van der Waals surface area (Å²) in [7, 11) is 0. The summed E-state index contributed by atoms with van der Waals surface area (Å²) in [6.07, 6.45) is 36.4. The molecule has 81 heavy (non-hydrogen) atoms. The van der Waals surface area contributed by atoms with Gasteiger partial charge in [-0.25, -0.2) is 0 Å². The number of esters is 2. The number of aliphatic hydroxyl groups is 2. The maximum atomic E-state index is 12.9. The van der Waals surface area contributed by atoms with Gasteiger partial charge >= 0.3 is 11.9 Å². The highest BCUT2D eigenvalue weighted by molar-refractivity contribution is 5.70. The molecule has 0 aromatic heterocycles. The number of carbonyl (C=O) groups excluding carboxylic acids is 2. The van der Waals surface area contributed by atoms with Crippen LogP contribution >= 0.6 is 0 Å². The van der Waals surface area contributed by atoms with Gasteiger partial charge in [-0.2, -0.15) is 0 Å². The molecule has 484 valence electrons. The normalized spacial score (nSPS) is 12.4. The molecule has 0 heterocycles. The van der Waals surface area contributed by atoms with Gasteiger partial charge in [-0.05, 0) is 12.8 Å². The molecule has 0 rings (SSSR count). The van der Waals surface area contributed by atoms with E-state index in [1.54, 1.807) is 0 Å². The summed E-state index contributed by atoms with van der Waals surface area (Å²) in [5.41, 5.74) is 0. The fourth-order valence-electron chi connectivity index (χ4n) is 8.65. The molecule has 0 aliphatic carbocycles. The second kappa shape index (κ2) is 70.9. The standard InChI is InChI=1S/C63H124O18/c1-3-5-7-9-11-13-15-17-19-21-23-25-27-29-31-33-61(66)79-58-60(81-62(67)34-32-30-28-26-24-22-20-18-16-14-12-10-8-6-4-2)59-80-63(57-65)78-56-55-77-54-53-76-52-51-75-50-49-74-48-47-73-46-45-72-44-43-71-42-41-70-40-39-69-38-37-68-36-35-64/h60,63-65H,3-59H2,1-2H3. The van der Waals surface area contributed by atoms with Crippen LogP contribution in [0.25, 0.3) is 0 Å². The van der Waals surface area contributed by atoms with Crippen molar-refractivity contribution >= 4 is 11.9 Å². The Bertz CT molecular complexity index is 1210. The van der Waals surface area contributed by atoms with Crippen molar-refractivity contribution in [3.8, 4) is 0 Å². The molecule has 2 N–H and O–H groups in total. The van der Waals surface area contributed by atoms with Gasteiger partial charge < -0.3 is 76.5 Å². The van der Waals surface area contributed by atoms with Gasteiger partial charge in [0, 0.05) is 12.8 Å². The Morgan fingerprint density at radius 1 is 0.296 bits per heavy atom. The molecule has 0 aliphatic rings. The van der Waals surface area contributed by atoms with Gasteiger partial charge in [0.15, 0.2) is 12.4 Å². The van der Waals surface area contributed by atoms with Crippen molar-refractivity contribution in [2.75, 3.05) is 165 Å². The quantitative estimate of drug-likeness (QED) is 0.0330. The lowest BCUT2D eigenvalue weighted by atomic mass is 10.0. The molecule has 2 atom stereocenters. The number of hydrogen-bond acceptors (Lipinski definition) is 18. The molecule has 0 spiro atoms. The smallest absolute Gasteiger partial charge is 0.306 e. The van der Waals surface area contributed by atoms with Gasteiger partial charge in [-0.1, -0.05) is 194 Å². The van der Waals surface area contributed by atoms with Gasteiger partial charge in [-0.15, -0.1) is 0 Å². The Kier molecular flexibility index (Phi) is 69.4. The average molecular weight is 1170 g/mol. The number of unbranched alkanes of at least 4 members (excludes halogenated alkanes) is 28. The Hall–Kier alpha value is -1.62. The highest BCUT2D eigenvalue weighted by Crippen LogP contribution is 2.16. The van der Waals surface area contributed by atoms with E-state index in [1.165, 1.54) is 154 Å². The first-order valence-corrected chi connectivity index (χ1v) is 32.6. The number of hydrogen-bond donors (Lipinski definition) is 2. The summed E-state index contributed by atoms with van der Waals surface area (Å²) in [6, 6.07) is 0. The molecular weight excluding hydrogens is 1040 g/mol. The molecule has 0 aromatic carbocycles. The van der Waals surface area contributed by atoms with Gasteiger partial charge in [0.2, 0.25) is 0 Å². The summed E-state index contributed by atoms with van der Waals surface area (Å²) < 4.78 is 77.5. The van der Waals surface area contributed by atoms with E-state index in [-0.39, 0.29) is 45.0 Å². The lowest BCUT2D eigenvalue weighted by Crippen LogP contribution is -2.34. The Morgan fingerprint density at radius 2 is 0.556 bits per heavy atom. The minimum absolute atomic E-state index is 0.0140. The van der Waals surface area contributed by atoms with Gasteiger partial charge in [-0.3, -0.25) is 9.59 Å². The second-order valence-electron chi connectivity index (χ2n) is 20.9. The maximum absolute atomic E-state index is 12.9. The van der Waals surface area contributed by atoms with Crippen molar-refractivity contribution in [1.29, 1.82) is 0 Å². The molecule has 0 bridgehead atoms. The Labute approximate surface area is 493 Å². The molecule has 0 fully saturated rings. The maximum Gasteiger partial charge on any atom is 0.306 e. The van der Waals surface area contributed by atoms with Crippen LogP contribution in [0.3, 0.4) is 0 Å². The number of ether oxygens (including phenoxy) is 14. The van der Waals surface area contributed by atoms with Crippen LogP contribution in [0.2, 0.25) is 0 Å². The number of carbonyl (C=O) groups is 2. The summed E-state index contributed by atoms with van der Waals surface area (Å²) in [6.45, 7) is 12.9. The fraction of sp³-hybridized carbons (Fsp3) is 0.968. The van der Waals surface area contributed by atoms with Crippen LogP contribution in [0.5, 0.6) is 0 Å². The van der Waals surface area contributed by atoms with Gasteiger partial charge in [0.1, 0.15) is 6.61 Å². The Morgan fingerprint density at radius 3 is 0.840 bits per heavy atom. The fourth-order valence-corrected chi connectivity index (χ4v) is 8.65. The topological polar surface area (TPSA) is 204 Å². The third kappa shape index (κ3) is 67.4. The van der Waals surface area contributed by atoms with E-state index in [9.17, 15) is 14.7 Å². The first-order valence-electron chi connectivity index (χ1n) is 32.6. The van der Waals surface area contributed by atoms with E-state index < -0.39 is 19.0 Å². The number of aliphatic hydroxyl groups excluding tert-OH is 2. The molecule has 0 aromatic rings. The third-order valence-corrected chi connectivity index (χ3v) is 13.4. The van der Waals surface area contributed by atoms with E-state index in [2.05, 4.69) is 13.8 Å². The Balaban J connectivity index is 4.15. The largest absolute Gasteiger partial charge is 0.462 e. The minimum atomic E-state index is -0.964. The molecule has 2 unspecified atom stereocenters. The highest BCUT2D eigenvalue weighted by atomic mass is 16.7. The molecule has 0 saturated carbocycles. The van der Waals surface area contributed by atoms with Crippen molar-refractivity contribution < 1.29 is 86.1 Å². The predicted octanol–water partition coefficient (Wildman–Crippen LogP) is 11.5. The summed E-state index contributed by atoms with van der Waals surface area (Å²) >= 11 is 0. The zero-order chi connectivity index (χ0) is 58.5. The first-order chi connectivity index (χ1) is 40.1. The van der Waals surface area contributed by atoms with Crippen LogP contribution in [0.1, 0.15) is 219 Å². The molecule has 0 aliphatic heterocycles. The molecule has 18 heteroatoms. The van der Waals surface area contributed by atoms with Crippen LogP contribution in [-0.2, 0) is 75.9 Å². The zero-order valence-electron chi connectivity index (χ0n) is 51.9. The summed E-state index contributed by atoms with van der Waals surface area (Å²) in [4.78, 5) is 25.7. The van der Waals surface area contributed by atoms with Crippen LogP contribution in [-0.4, -0.2) is 200 Å². The zero-order valence-corrected chi connectivity index (χ0v) is 51.9. The van der Waals surface area contributed by atoms with Crippen LogP contribution in [0.15, 0.2) is 0 Å². The minimum Gasteiger partial charge on any atom is -0.462 e. The lowest BCUT2D eigenvalue weighted by molar-refractivity contribution is -0.194. The summed E-state index contributed by atoms with van der Waals surface area (Å²) in [5.74, 6) is -0.656. The average Bonchev–Trinajstić information content (AvgIpc) is 3.47. The monoisotopic (exact) mass is 1170 g/mol. The third-order valence-electron chi connectivity index (χ3n) is 13.4. The molecule has 0 radical (unpaired) electrons. The lowest BCUT2D eigenvalue weighted by Gasteiger charge is -2.22. The molecular formula is C63H124O18. The van der Waals surface area contributed by atoms with Crippen molar-refractivity contribution in [3.63, 3.8) is 0 Å². The molecule has 0 saturated heterocycles. The van der Waals surface area contributed by atoms with Crippen molar-refractivity contribution in [2.24, 2.45) is 0 Å². The summed E-state index contributed by atoms with van der Waals surface area (Å²) in [5, 5.41) is 18.6. The highest BCUT2D eigenvalue weighted by Gasteiger charge is 2.20. The van der Waals surface area contributed by atoms with Crippen molar-refractivity contribution in [3.05, 3.63) is 0 Å². The predicted molar refractivity (Wildman–Crippen MR) is 318 cm³/mol. The molecule has 0 amide bonds. The van der Waals surface area contributed by atoms with Crippen LogP contribution in [0, 0.1) is 0 Å². The van der Waals surface area contributed by atoms with Gasteiger partial charge in [0.25, 0.3) is 0 Å². The second-order valence-corrected chi connectivity index (χ2v) is 20.9. The van der Waals surface area contributed by atoms with E-state index in [1.807, 2.05) is 0 Å². The number of rotatable bonds is 72. The SMILES string of the molecule is CCCCCCCCCCCCCCCCCC(=O)OCC(COC(CO)OCCOCCOCCOCCOCCOCCOCCOCCOCCOCCOCCO)OC(=O)CCCCCCCCCCCCCCCCC. The van der Waals surface area contributed by atoms with E-state index in [4.69, 9.17) is 71.4 Å². The van der Waals surface area contributed by atoms with E-state index >= 15 is 0 Å². The van der Waals surface area contributed by atoms with Crippen molar-refractivity contribution in [2.45, 2.75) is 232 Å². The van der Waals surface area contributed by atoms with Crippen molar-refractivity contribution in [1.82, 2.24) is 0 Å². The molecule has 18 nitrogen and oxygen atoms in total. The van der Waals surface area contributed by atoms with E-state index in [0.717, 1.165) is 38.5 Å². The van der Waals surface area contributed by atoms with Crippen LogP contribution in [0.4, 0.5) is 0 Å². The van der Waals surface area contributed by atoms with Gasteiger partial charge in [0.05, 0.1) is 159 Å².